The van der Waals surface area contributed by atoms with Gasteiger partial charge in [0.1, 0.15) is 0 Å². The Morgan fingerprint density at radius 2 is 2.39 bits per heavy atom. The van der Waals surface area contributed by atoms with Gasteiger partial charge in [-0.2, -0.15) is 5.10 Å². The third-order valence-corrected chi connectivity index (χ3v) is 3.75. The topological polar surface area (TPSA) is 61.9 Å². The fourth-order valence-electron chi connectivity index (χ4n) is 1.75. The molecular weight excluding hydrogens is 248 g/mol. The first-order chi connectivity index (χ1) is 8.66. The van der Waals surface area contributed by atoms with E-state index in [4.69, 9.17) is 0 Å². The van der Waals surface area contributed by atoms with Gasteiger partial charge in [0.2, 0.25) is 5.91 Å². The van der Waals surface area contributed by atoms with E-state index in [1.807, 2.05) is 18.5 Å². The molecule has 0 radical (unpaired) electrons. The van der Waals surface area contributed by atoms with Gasteiger partial charge in [0.15, 0.2) is 0 Å². The summed E-state index contributed by atoms with van der Waals surface area (Å²) in [6.45, 7) is 2.76. The number of nitrogens with zero attached hydrogens (tertiary/aromatic N) is 3. The average molecular weight is 264 g/mol. The van der Waals surface area contributed by atoms with Gasteiger partial charge in [0.25, 0.3) is 0 Å². The Morgan fingerprint density at radius 1 is 1.56 bits per heavy atom. The minimum absolute atomic E-state index is 0.0858. The Kier molecular flexibility index (Phi) is 4.09. The Labute approximate surface area is 110 Å². The van der Waals surface area contributed by atoms with Gasteiger partial charge in [0, 0.05) is 43.0 Å². The number of aromatic amines is 1. The summed E-state index contributed by atoms with van der Waals surface area (Å²) in [4.78, 5) is 18.0. The van der Waals surface area contributed by atoms with E-state index in [2.05, 4.69) is 22.1 Å². The Morgan fingerprint density at radius 3 is 3.00 bits per heavy atom. The molecule has 0 aliphatic rings. The van der Waals surface area contributed by atoms with Crippen molar-refractivity contribution in [2.75, 3.05) is 13.6 Å². The lowest BCUT2D eigenvalue weighted by molar-refractivity contribution is -0.129. The molecule has 0 saturated carbocycles. The lowest BCUT2D eigenvalue weighted by Crippen LogP contribution is -2.31. The highest BCUT2D eigenvalue weighted by Gasteiger charge is 2.16. The maximum atomic E-state index is 12.0. The van der Waals surface area contributed by atoms with Gasteiger partial charge in [-0.1, -0.05) is 6.92 Å². The van der Waals surface area contributed by atoms with Crippen molar-refractivity contribution < 1.29 is 4.79 Å². The van der Waals surface area contributed by atoms with Crippen LogP contribution >= 0.6 is 11.3 Å². The molecule has 0 bridgehead atoms. The number of nitrogens with one attached hydrogen (secondary N) is 1. The second-order valence-electron chi connectivity index (χ2n) is 4.30. The Hall–Kier alpha value is -1.69. The summed E-state index contributed by atoms with van der Waals surface area (Å²) in [7, 11) is 1.82. The standard InChI is InChI=1S/C12H16N4OS/c1-9(12-13-5-6-18-12)8-16(2)11(17)7-10-3-4-14-15-10/h3-6,9H,7-8H2,1-2H3,(H,14,15)/t9-/m0/s1. The van der Waals surface area contributed by atoms with E-state index in [9.17, 15) is 4.79 Å². The fourth-order valence-corrected chi connectivity index (χ4v) is 2.44. The zero-order valence-electron chi connectivity index (χ0n) is 10.5. The third-order valence-electron chi connectivity index (χ3n) is 2.75. The van der Waals surface area contributed by atoms with E-state index in [-0.39, 0.29) is 11.8 Å². The molecule has 0 unspecified atom stereocenters. The van der Waals surface area contributed by atoms with Crippen molar-refractivity contribution in [1.29, 1.82) is 0 Å². The van der Waals surface area contributed by atoms with Crippen LogP contribution in [0.1, 0.15) is 23.5 Å². The van der Waals surface area contributed by atoms with Crippen molar-refractivity contribution in [3.8, 4) is 0 Å². The van der Waals surface area contributed by atoms with Crippen LogP contribution in [0, 0.1) is 0 Å². The highest BCUT2D eigenvalue weighted by atomic mass is 32.1. The van der Waals surface area contributed by atoms with E-state index < -0.39 is 0 Å². The summed E-state index contributed by atoms with van der Waals surface area (Å²) in [5.74, 6) is 0.350. The molecule has 5 nitrogen and oxygen atoms in total. The molecule has 96 valence electrons. The molecule has 0 aliphatic heterocycles. The number of thiazole rings is 1. The molecule has 1 atom stereocenters. The van der Waals surface area contributed by atoms with Crippen LogP contribution in [-0.4, -0.2) is 39.6 Å². The van der Waals surface area contributed by atoms with E-state index in [0.29, 0.717) is 13.0 Å². The molecule has 0 saturated heterocycles. The van der Waals surface area contributed by atoms with Crippen LogP contribution in [0.15, 0.2) is 23.8 Å². The summed E-state index contributed by atoms with van der Waals surface area (Å²) in [6, 6.07) is 1.82. The molecule has 6 heteroatoms. The number of likely N-dealkylation sites (N-methyl/N-ethyl adjacent to an activating group) is 1. The first-order valence-electron chi connectivity index (χ1n) is 5.78. The number of amides is 1. The second-order valence-corrected chi connectivity index (χ2v) is 5.23. The van der Waals surface area contributed by atoms with Gasteiger partial charge in [-0.15, -0.1) is 11.3 Å². The predicted octanol–water partition coefficient (Wildman–Crippen LogP) is 1.67. The van der Waals surface area contributed by atoms with Gasteiger partial charge >= 0.3 is 0 Å². The van der Waals surface area contributed by atoms with Crippen molar-refractivity contribution in [3.05, 3.63) is 34.5 Å². The molecule has 2 heterocycles. The summed E-state index contributed by atoms with van der Waals surface area (Å²) in [6.07, 6.45) is 3.81. The minimum Gasteiger partial charge on any atom is -0.345 e. The van der Waals surface area contributed by atoms with Crippen LogP contribution < -0.4 is 0 Å². The molecule has 0 spiro atoms. The van der Waals surface area contributed by atoms with Crippen molar-refractivity contribution in [3.63, 3.8) is 0 Å². The van der Waals surface area contributed by atoms with Crippen LogP contribution in [0.25, 0.3) is 0 Å². The summed E-state index contributed by atoms with van der Waals surface area (Å²) >= 11 is 1.62. The fraction of sp³-hybridized carbons (Fsp3) is 0.417. The van der Waals surface area contributed by atoms with Crippen LogP contribution in [0.3, 0.4) is 0 Å². The van der Waals surface area contributed by atoms with Crippen molar-refractivity contribution in [2.24, 2.45) is 0 Å². The highest BCUT2D eigenvalue weighted by Crippen LogP contribution is 2.18. The van der Waals surface area contributed by atoms with Crippen LogP contribution in [0.2, 0.25) is 0 Å². The number of hydrogen-bond donors (Lipinski definition) is 1. The van der Waals surface area contributed by atoms with Crippen LogP contribution in [0.4, 0.5) is 0 Å². The third kappa shape index (κ3) is 3.16. The molecule has 0 aliphatic carbocycles. The summed E-state index contributed by atoms with van der Waals surface area (Å²) in [5.41, 5.74) is 0.841. The molecule has 1 amide bonds. The highest BCUT2D eigenvalue weighted by molar-refractivity contribution is 7.09. The van der Waals surface area contributed by atoms with Gasteiger partial charge < -0.3 is 4.90 Å². The number of rotatable bonds is 5. The quantitative estimate of drug-likeness (QED) is 0.893. The Balaban J connectivity index is 1.87. The SMILES string of the molecule is C[C@@H](CN(C)C(=O)Cc1ccn[nH]1)c1nccs1. The number of H-pyrrole nitrogens is 1. The lowest BCUT2D eigenvalue weighted by atomic mass is 10.1. The van der Waals surface area contributed by atoms with E-state index >= 15 is 0 Å². The van der Waals surface area contributed by atoms with Crippen molar-refractivity contribution in [2.45, 2.75) is 19.3 Å². The van der Waals surface area contributed by atoms with Gasteiger partial charge in [-0.05, 0) is 6.07 Å². The molecule has 1 N–H and O–H groups in total. The molecule has 2 aromatic heterocycles. The predicted molar refractivity (Wildman–Crippen MR) is 70.5 cm³/mol. The monoisotopic (exact) mass is 264 g/mol. The Bertz CT molecular complexity index is 480. The van der Waals surface area contributed by atoms with E-state index in [1.54, 1.807) is 28.6 Å². The zero-order chi connectivity index (χ0) is 13.0. The second kappa shape index (κ2) is 5.77. The first-order valence-corrected chi connectivity index (χ1v) is 6.66. The van der Waals surface area contributed by atoms with E-state index in [0.717, 1.165) is 10.7 Å². The van der Waals surface area contributed by atoms with Gasteiger partial charge in [0.05, 0.1) is 11.4 Å². The lowest BCUT2D eigenvalue weighted by Gasteiger charge is -2.20. The normalized spacial score (nSPS) is 12.3. The van der Waals surface area contributed by atoms with Crippen LogP contribution in [0.5, 0.6) is 0 Å². The molecule has 0 aromatic carbocycles. The smallest absolute Gasteiger partial charge is 0.228 e. The average Bonchev–Trinajstić information content (AvgIpc) is 3.01. The molecule has 2 aromatic rings. The first kappa shape index (κ1) is 12.8. The molecule has 18 heavy (non-hydrogen) atoms. The minimum atomic E-state index is 0.0858. The number of carbonyl (C=O) groups excluding carboxylic acids is 1. The van der Waals surface area contributed by atoms with Crippen molar-refractivity contribution in [1.82, 2.24) is 20.1 Å². The molecule has 2 rings (SSSR count). The van der Waals surface area contributed by atoms with Crippen molar-refractivity contribution >= 4 is 17.2 Å². The zero-order valence-corrected chi connectivity index (χ0v) is 11.3. The number of hydrogen-bond acceptors (Lipinski definition) is 4. The molecular formula is C12H16N4OS. The largest absolute Gasteiger partial charge is 0.345 e. The maximum absolute atomic E-state index is 12.0. The van der Waals surface area contributed by atoms with Crippen LogP contribution in [-0.2, 0) is 11.2 Å². The van der Waals surface area contributed by atoms with E-state index in [1.165, 1.54) is 0 Å². The number of aromatic nitrogens is 3. The number of carbonyl (C=O) groups is 1. The summed E-state index contributed by atoms with van der Waals surface area (Å²) in [5, 5.41) is 9.65. The van der Waals surface area contributed by atoms with Gasteiger partial charge in [-0.3, -0.25) is 9.89 Å². The molecule has 0 fully saturated rings. The summed E-state index contributed by atoms with van der Waals surface area (Å²) < 4.78 is 0. The van der Waals surface area contributed by atoms with Gasteiger partial charge in [-0.25, -0.2) is 4.98 Å². The maximum Gasteiger partial charge on any atom is 0.228 e.